The number of primary amides is 1. The molecule has 1 aromatic heterocycles. The van der Waals surface area contributed by atoms with Crippen LogP contribution < -0.4 is 10.6 Å². The van der Waals surface area contributed by atoms with Crippen LogP contribution in [-0.2, 0) is 6.54 Å². The summed E-state index contributed by atoms with van der Waals surface area (Å²) in [5.41, 5.74) is 11.6. The molecule has 3 atom stereocenters. The number of rotatable bonds is 6. The first kappa shape index (κ1) is 25.5. The Hall–Kier alpha value is -3.12. The van der Waals surface area contributed by atoms with Crippen LogP contribution in [-0.4, -0.2) is 47.3 Å². The van der Waals surface area contributed by atoms with Gasteiger partial charge in [-0.15, -0.1) is 0 Å². The number of aryl methyl sites for hydroxylation is 1. The van der Waals surface area contributed by atoms with Gasteiger partial charge in [-0.2, -0.15) is 5.10 Å². The zero-order valence-corrected chi connectivity index (χ0v) is 22.6. The monoisotopic (exact) mass is 499 g/mol. The normalized spacial score (nSPS) is 22.5. The number of aromatic nitrogens is 2. The van der Waals surface area contributed by atoms with Crippen LogP contribution in [0.5, 0.6) is 0 Å². The summed E-state index contributed by atoms with van der Waals surface area (Å²) in [5, 5.41) is 4.39. The highest BCUT2D eigenvalue weighted by Gasteiger charge is 2.34. The molecule has 6 rings (SSSR count). The van der Waals surface area contributed by atoms with Crippen molar-refractivity contribution in [2.24, 2.45) is 17.6 Å². The zero-order chi connectivity index (χ0) is 25.9. The van der Waals surface area contributed by atoms with Gasteiger partial charge in [0.05, 0.1) is 5.69 Å². The number of benzene rings is 2. The van der Waals surface area contributed by atoms with Crippen molar-refractivity contribution in [3.05, 3.63) is 77.1 Å². The van der Waals surface area contributed by atoms with Gasteiger partial charge in [-0.3, -0.25) is 4.79 Å². The third kappa shape index (κ3) is 5.59. The first-order valence-corrected chi connectivity index (χ1v) is 13.9. The third-order valence-electron chi connectivity index (χ3n) is 8.38. The van der Waals surface area contributed by atoms with Gasteiger partial charge in [-0.05, 0) is 80.5 Å². The molecule has 196 valence electrons. The molecule has 1 saturated heterocycles. The quantitative estimate of drug-likeness (QED) is 0.484. The second-order valence-corrected chi connectivity index (χ2v) is 11.2. The lowest BCUT2D eigenvalue weighted by Crippen LogP contribution is -2.21. The minimum Gasteiger partial charge on any atom is -0.366 e. The van der Waals surface area contributed by atoms with Gasteiger partial charge in [0.1, 0.15) is 0 Å². The van der Waals surface area contributed by atoms with E-state index in [4.69, 9.17) is 5.73 Å². The van der Waals surface area contributed by atoms with Crippen LogP contribution in [0, 0.1) is 18.8 Å². The highest BCUT2D eigenvalue weighted by molar-refractivity contribution is 5.90. The van der Waals surface area contributed by atoms with Crippen LogP contribution in [0.15, 0.2) is 54.6 Å². The van der Waals surface area contributed by atoms with Gasteiger partial charge in [0.25, 0.3) is 5.91 Å². The van der Waals surface area contributed by atoms with Gasteiger partial charge < -0.3 is 15.5 Å². The molecule has 1 aliphatic carbocycles. The molecule has 0 radical (unpaired) electrons. The summed E-state index contributed by atoms with van der Waals surface area (Å²) in [7, 11) is 2.25. The van der Waals surface area contributed by atoms with Crippen molar-refractivity contribution in [3.63, 3.8) is 0 Å². The number of nitrogens with zero attached hydrogens (tertiary/aromatic N) is 4. The van der Waals surface area contributed by atoms with Crippen molar-refractivity contribution in [3.8, 4) is 5.69 Å². The van der Waals surface area contributed by atoms with E-state index in [0.717, 1.165) is 49.1 Å². The van der Waals surface area contributed by atoms with Crippen LogP contribution in [0.25, 0.3) is 5.69 Å². The Morgan fingerprint density at radius 2 is 1.76 bits per heavy atom. The van der Waals surface area contributed by atoms with E-state index in [9.17, 15) is 4.79 Å². The molecule has 1 amide bonds. The molecule has 3 aliphatic rings. The van der Waals surface area contributed by atoms with E-state index in [1.165, 1.54) is 49.2 Å². The minimum atomic E-state index is -0.499. The molecule has 2 fully saturated rings. The zero-order valence-electron chi connectivity index (χ0n) is 22.6. The summed E-state index contributed by atoms with van der Waals surface area (Å²) >= 11 is 0. The van der Waals surface area contributed by atoms with Gasteiger partial charge in [0, 0.05) is 43.5 Å². The Morgan fingerprint density at radius 3 is 2.41 bits per heavy atom. The number of anilines is 1. The fourth-order valence-corrected chi connectivity index (χ4v) is 6.63. The minimum absolute atomic E-state index is 0.300. The average Bonchev–Trinajstić information content (AvgIpc) is 3.64. The summed E-state index contributed by atoms with van der Waals surface area (Å²) in [6.07, 6.45) is 6.83. The van der Waals surface area contributed by atoms with Crippen LogP contribution >= 0.6 is 0 Å². The molecule has 6 heteroatoms. The summed E-state index contributed by atoms with van der Waals surface area (Å²) < 4.78 is 1.81. The van der Waals surface area contributed by atoms with Crippen molar-refractivity contribution < 1.29 is 4.79 Å². The smallest absolute Gasteiger partial charge is 0.269 e. The fraction of sp³-hybridized carbons (Fsp3) is 0.484. The summed E-state index contributed by atoms with van der Waals surface area (Å²) in [6, 6.07) is 18.8. The number of hydrogen-bond donors (Lipinski definition) is 1. The number of carbonyl (C=O) groups is 1. The fourth-order valence-electron chi connectivity index (χ4n) is 6.63. The Bertz CT molecular complexity index is 1210. The topological polar surface area (TPSA) is 67.4 Å². The van der Waals surface area contributed by atoms with Gasteiger partial charge in [-0.1, -0.05) is 50.1 Å². The lowest BCUT2D eigenvalue weighted by atomic mass is 9.96. The molecule has 1 saturated carbocycles. The molecule has 0 spiro atoms. The lowest BCUT2D eigenvalue weighted by molar-refractivity contribution is 0.0995. The van der Waals surface area contributed by atoms with Gasteiger partial charge >= 0.3 is 0 Å². The predicted octanol–water partition coefficient (Wildman–Crippen LogP) is 5.53. The van der Waals surface area contributed by atoms with Gasteiger partial charge in [0.15, 0.2) is 5.69 Å². The highest BCUT2D eigenvalue weighted by atomic mass is 16.1. The van der Waals surface area contributed by atoms with E-state index >= 15 is 0 Å². The number of carbonyl (C=O) groups excluding carboxylic acids is 1. The Morgan fingerprint density at radius 1 is 1.03 bits per heavy atom. The molecule has 0 bridgehead atoms. The number of likely N-dealkylation sites (tertiary alicyclic amines) is 1. The second-order valence-electron chi connectivity index (χ2n) is 11.2. The van der Waals surface area contributed by atoms with Crippen LogP contribution in [0.4, 0.5) is 5.69 Å². The van der Waals surface area contributed by atoms with Gasteiger partial charge in [0.2, 0.25) is 0 Å². The molecule has 3 unspecified atom stereocenters. The van der Waals surface area contributed by atoms with Crippen molar-refractivity contribution in [1.29, 1.82) is 0 Å². The second kappa shape index (κ2) is 11.1. The van der Waals surface area contributed by atoms with Crippen molar-refractivity contribution in [2.45, 2.75) is 58.4 Å². The number of fused-ring (bicyclic) bond motifs is 2. The van der Waals surface area contributed by atoms with E-state index in [0.29, 0.717) is 11.6 Å². The Balaban J connectivity index is 0.000000260. The Labute approximate surface area is 221 Å². The van der Waals surface area contributed by atoms with Crippen molar-refractivity contribution >= 4 is 11.6 Å². The summed E-state index contributed by atoms with van der Waals surface area (Å²) in [4.78, 5) is 16.4. The summed E-state index contributed by atoms with van der Waals surface area (Å²) in [6.45, 7) is 8.89. The van der Waals surface area contributed by atoms with Crippen LogP contribution in [0.1, 0.15) is 72.3 Å². The predicted molar refractivity (Wildman–Crippen MR) is 150 cm³/mol. The molecule has 6 nitrogen and oxygen atoms in total. The van der Waals surface area contributed by atoms with E-state index < -0.39 is 5.91 Å². The standard InChI is InChI=1S/C23H26N4O.C8H15N/c1-3-7-18-15-26(14-17-8-5-4-6-9-17)22-11-10-19(13-20(18)22)27-16(2)12-21(25-27)23(24)28;1-9-5-7-3-2-4-8(7)6-9/h4-6,8-13,18H,3,7,14-15H2,1-2H3,(H2,24,28);7-8H,2-6H2,1H3. The molecule has 3 aromatic rings. The molecular formula is C31H41N5O. The molecular weight excluding hydrogens is 458 g/mol. The first-order chi connectivity index (χ1) is 17.9. The van der Waals surface area contributed by atoms with Gasteiger partial charge in [-0.25, -0.2) is 4.68 Å². The first-order valence-electron chi connectivity index (χ1n) is 13.9. The molecule has 2 aromatic carbocycles. The Kier molecular flexibility index (Phi) is 7.65. The molecule has 3 heterocycles. The number of nitrogens with two attached hydrogens (primary N) is 1. The van der Waals surface area contributed by atoms with Crippen molar-refractivity contribution in [2.75, 3.05) is 31.6 Å². The third-order valence-corrected chi connectivity index (χ3v) is 8.38. The maximum absolute atomic E-state index is 11.5. The highest BCUT2D eigenvalue weighted by Crippen LogP contribution is 2.41. The summed E-state index contributed by atoms with van der Waals surface area (Å²) in [5.74, 6) is 2.17. The van der Waals surface area contributed by atoms with Crippen LogP contribution in [0.2, 0.25) is 0 Å². The van der Waals surface area contributed by atoms with Crippen LogP contribution in [0.3, 0.4) is 0 Å². The van der Waals surface area contributed by atoms with E-state index in [2.05, 4.69) is 77.4 Å². The number of amides is 1. The maximum atomic E-state index is 11.5. The molecule has 2 aliphatic heterocycles. The average molecular weight is 500 g/mol. The SMILES string of the molecule is CCCC1CN(Cc2ccccc2)c2ccc(-n3nc(C(N)=O)cc3C)cc21.CN1CC2CCCC2C1. The van der Waals surface area contributed by atoms with E-state index in [1.807, 2.05) is 11.6 Å². The lowest BCUT2D eigenvalue weighted by Gasteiger charge is -2.20. The van der Waals surface area contributed by atoms with E-state index in [-0.39, 0.29) is 0 Å². The van der Waals surface area contributed by atoms with Crippen molar-refractivity contribution in [1.82, 2.24) is 14.7 Å². The maximum Gasteiger partial charge on any atom is 0.269 e. The van der Waals surface area contributed by atoms with E-state index in [1.54, 1.807) is 6.07 Å². The largest absolute Gasteiger partial charge is 0.366 e. The molecule has 2 N–H and O–H groups in total. The molecule has 37 heavy (non-hydrogen) atoms. The number of hydrogen-bond acceptors (Lipinski definition) is 4.